The number of benzene rings is 2. The fourth-order valence-corrected chi connectivity index (χ4v) is 4.52. The van der Waals surface area contributed by atoms with Crippen LogP contribution in [-0.4, -0.2) is 52.2 Å². The number of aromatic nitrogens is 4. The Morgan fingerprint density at radius 3 is 2.15 bits per heavy atom. The monoisotopic (exact) mass is 585 g/mol. The Morgan fingerprint density at radius 1 is 0.927 bits per heavy atom. The molecule has 1 unspecified atom stereocenters. The molecule has 2 heterocycles. The van der Waals surface area contributed by atoms with Crippen molar-refractivity contribution in [2.45, 2.75) is 50.0 Å². The van der Waals surface area contributed by atoms with E-state index in [2.05, 4.69) is 15.7 Å². The van der Waals surface area contributed by atoms with Gasteiger partial charge in [0.15, 0.2) is 5.54 Å². The van der Waals surface area contributed by atoms with Crippen molar-refractivity contribution in [3.05, 3.63) is 70.1 Å². The molecule has 3 aromatic rings. The lowest BCUT2D eigenvalue weighted by Gasteiger charge is -2.41. The number of H-pyrrole nitrogens is 1. The number of methoxy groups -OCH3 is 1. The fraction of sp³-hybridized carbons (Fsp3) is 0.385. The van der Waals surface area contributed by atoms with Crippen LogP contribution in [0.3, 0.4) is 0 Å². The van der Waals surface area contributed by atoms with Crippen LogP contribution in [0.1, 0.15) is 43.2 Å². The summed E-state index contributed by atoms with van der Waals surface area (Å²) in [4.78, 5) is 25.6. The van der Waals surface area contributed by atoms with Gasteiger partial charge in [0.25, 0.3) is 5.91 Å². The van der Waals surface area contributed by atoms with Crippen LogP contribution in [0.15, 0.2) is 53.3 Å². The number of nitrogens with zero attached hydrogens (tertiary/aromatic N) is 3. The molecule has 0 saturated carbocycles. The smallest absolute Gasteiger partial charge is 0.416 e. The zero-order valence-corrected chi connectivity index (χ0v) is 21.6. The SMILES string of the molecule is COc1ccc(C2=C(n3nn[nH]c3=O)C(=O)NC(c3ccc(OCCCCCC(F)(F)F)cc3)(C(F)(F)F)C2)cc1. The molecule has 0 spiro atoms. The summed E-state index contributed by atoms with van der Waals surface area (Å²) in [5.41, 5.74) is -4.39. The number of amides is 1. The van der Waals surface area contributed by atoms with Gasteiger partial charge in [-0.1, -0.05) is 24.3 Å². The second kappa shape index (κ2) is 11.7. The second-order valence-electron chi connectivity index (χ2n) is 9.31. The molecule has 2 N–H and O–H groups in total. The number of hydrogen-bond donors (Lipinski definition) is 2. The molecule has 220 valence electrons. The van der Waals surface area contributed by atoms with Gasteiger partial charge in [-0.3, -0.25) is 4.79 Å². The van der Waals surface area contributed by atoms with Crippen LogP contribution in [0, 0.1) is 0 Å². The van der Waals surface area contributed by atoms with Crippen molar-refractivity contribution >= 4 is 17.2 Å². The number of carbonyl (C=O) groups is 1. The summed E-state index contributed by atoms with van der Waals surface area (Å²) in [6, 6.07) is 10.8. The standard InChI is InChI=1S/C26H25F6N5O4/c1-40-18-9-5-16(6-10-18)20-15-24(26(30,31)32,33-22(38)21(20)37-23(39)34-35-36-37)17-7-11-19(12-8-17)41-14-4-2-3-13-25(27,28)29/h5-12H,2-4,13-15H2,1H3,(H,33,38)(H,34,36,39). The van der Waals surface area contributed by atoms with Crippen molar-refractivity contribution in [2.75, 3.05) is 13.7 Å². The summed E-state index contributed by atoms with van der Waals surface area (Å²) in [6.45, 7) is 0.0819. The van der Waals surface area contributed by atoms with Crippen LogP contribution in [0.25, 0.3) is 11.3 Å². The molecule has 0 radical (unpaired) electrons. The third-order valence-corrected chi connectivity index (χ3v) is 6.60. The van der Waals surface area contributed by atoms with E-state index in [1.54, 1.807) is 0 Å². The molecular weight excluding hydrogens is 560 g/mol. The van der Waals surface area contributed by atoms with Gasteiger partial charge in [0.1, 0.15) is 17.2 Å². The van der Waals surface area contributed by atoms with E-state index in [-0.39, 0.29) is 41.9 Å². The molecule has 2 aromatic carbocycles. The van der Waals surface area contributed by atoms with Gasteiger partial charge in [0.2, 0.25) is 0 Å². The first-order valence-corrected chi connectivity index (χ1v) is 12.4. The van der Waals surface area contributed by atoms with E-state index in [1.165, 1.54) is 43.5 Å². The summed E-state index contributed by atoms with van der Waals surface area (Å²) in [7, 11) is 1.42. The first-order valence-electron chi connectivity index (χ1n) is 12.4. The minimum Gasteiger partial charge on any atom is -0.497 e. The highest BCUT2D eigenvalue weighted by Gasteiger charge is 2.60. The van der Waals surface area contributed by atoms with E-state index in [0.717, 1.165) is 12.1 Å². The average Bonchev–Trinajstić information content (AvgIpc) is 3.34. The highest BCUT2D eigenvalue weighted by atomic mass is 19.4. The summed E-state index contributed by atoms with van der Waals surface area (Å²) >= 11 is 0. The van der Waals surface area contributed by atoms with Gasteiger partial charge in [-0.2, -0.15) is 31.0 Å². The van der Waals surface area contributed by atoms with E-state index in [1.807, 2.05) is 5.10 Å². The molecule has 1 aliphatic rings. The Bertz CT molecular complexity index is 1440. The fourth-order valence-electron chi connectivity index (χ4n) is 4.52. The lowest BCUT2D eigenvalue weighted by Crippen LogP contribution is -2.59. The molecule has 0 aliphatic carbocycles. The van der Waals surface area contributed by atoms with Crippen molar-refractivity contribution < 1.29 is 40.6 Å². The van der Waals surface area contributed by atoms with Crippen LogP contribution in [0.2, 0.25) is 0 Å². The zero-order chi connectivity index (χ0) is 29.8. The molecule has 1 amide bonds. The lowest BCUT2D eigenvalue weighted by molar-refractivity contribution is -0.201. The third kappa shape index (κ3) is 6.55. The van der Waals surface area contributed by atoms with Crippen LogP contribution in [0.5, 0.6) is 11.5 Å². The zero-order valence-electron chi connectivity index (χ0n) is 21.6. The molecule has 9 nitrogen and oxygen atoms in total. The van der Waals surface area contributed by atoms with Gasteiger partial charge in [0, 0.05) is 12.8 Å². The molecule has 0 bridgehead atoms. The van der Waals surface area contributed by atoms with Gasteiger partial charge in [-0.25, -0.2) is 9.89 Å². The predicted octanol–water partition coefficient (Wildman–Crippen LogP) is 4.82. The van der Waals surface area contributed by atoms with Crippen molar-refractivity contribution in [1.82, 2.24) is 25.5 Å². The number of halogens is 6. The van der Waals surface area contributed by atoms with E-state index < -0.39 is 48.0 Å². The minimum atomic E-state index is -4.98. The summed E-state index contributed by atoms with van der Waals surface area (Å²) in [5, 5.41) is 11.0. The van der Waals surface area contributed by atoms with Gasteiger partial charge in [-0.05, 0) is 70.7 Å². The molecule has 41 heavy (non-hydrogen) atoms. The summed E-state index contributed by atoms with van der Waals surface area (Å²) in [6.07, 6.45) is -10.3. The first kappa shape index (κ1) is 29.7. The normalized spacial score (nSPS) is 17.9. The number of tetrazole rings is 1. The maximum Gasteiger partial charge on any atom is 0.416 e. The van der Waals surface area contributed by atoms with E-state index in [9.17, 15) is 35.9 Å². The molecule has 1 aromatic heterocycles. The van der Waals surface area contributed by atoms with Crippen molar-refractivity contribution in [1.29, 1.82) is 0 Å². The highest BCUT2D eigenvalue weighted by Crippen LogP contribution is 2.49. The molecule has 0 fully saturated rings. The lowest BCUT2D eigenvalue weighted by atomic mass is 9.77. The van der Waals surface area contributed by atoms with E-state index in [0.29, 0.717) is 16.9 Å². The van der Waals surface area contributed by atoms with Crippen LogP contribution in [-0.2, 0) is 10.3 Å². The number of aromatic amines is 1. The average molecular weight is 586 g/mol. The number of alkyl halides is 6. The van der Waals surface area contributed by atoms with Crippen LogP contribution in [0.4, 0.5) is 26.3 Å². The Balaban J connectivity index is 1.65. The Hall–Kier alpha value is -4.30. The third-order valence-electron chi connectivity index (χ3n) is 6.60. The Kier molecular flexibility index (Phi) is 8.44. The van der Waals surface area contributed by atoms with E-state index >= 15 is 0 Å². The number of ether oxygens (including phenoxy) is 2. The maximum absolute atomic E-state index is 14.8. The molecule has 1 atom stereocenters. The van der Waals surface area contributed by atoms with E-state index in [4.69, 9.17) is 9.47 Å². The predicted molar refractivity (Wildman–Crippen MR) is 134 cm³/mol. The largest absolute Gasteiger partial charge is 0.497 e. The van der Waals surface area contributed by atoms with Gasteiger partial charge in [-0.15, -0.1) is 0 Å². The minimum absolute atomic E-state index is 0.0495. The van der Waals surface area contributed by atoms with Crippen LogP contribution < -0.4 is 20.5 Å². The number of carbonyl (C=O) groups excluding carboxylic acids is 1. The second-order valence-corrected chi connectivity index (χ2v) is 9.31. The van der Waals surface area contributed by atoms with Gasteiger partial charge < -0.3 is 14.8 Å². The molecule has 1 aliphatic heterocycles. The van der Waals surface area contributed by atoms with Crippen LogP contribution >= 0.6 is 0 Å². The Morgan fingerprint density at radius 2 is 1.59 bits per heavy atom. The van der Waals surface area contributed by atoms with Crippen molar-refractivity contribution in [3.8, 4) is 11.5 Å². The van der Waals surface area contributed by atoms with Crippen molar-refractivity contribution in [2.24, 2.45) is 0 Å². The molecule has 0 saturated heterocycles. The number of rotatable bonds is 10. The molecular formula is C26H25F6N5O4. The number of hydrogen-bond acceptors (Lipinski definition) is 6. The molecule has 4 rings (SSSR count). The topological polar surface area (TPSA) is 111 Å². The van der Waals surface area contributed by atoms with Gasteiger partial charge in [0.05, 0.1) is 13.7 Å². The Labute approximate surface area is 229 Å². The first-order chi connectivity index (χ1) is 19.3. The summed E-state index contributed by atoms with van der Waals surface area (Å²) < 4.78 is 92.5. The quantitative estimate of drug-likeness (QED) is 0.261. The molecule has 15 heteroatoms. The maximum atomic E-state index is 14.8. The van der Waals surface area contributed by atoms with Gasteiger partial charge >= 0.3 is 18.0 Å². The van der Waals surface area contributed by atoms with Crippen molar-refractivity contribution in [3.63, 3.8) is 0 Å². The highest BCUT2D eigenvalue weighted by molar-refractivity contribution is 6.23. The summed E-state index contributed by atoms with van der Waals surface area (Å²) in [5.74, 6) is -0.563. The number of nitrogens with one attached hydrogen (secondary N) is 2. The number of unbranched alkanes of at least 4 members (excludes halogenated alkanes) is 2.